The number of esters is 1. The average molecular weight is 278 g/mol. The van der Waals surface area contributed by atoms with Crippen LogP contribution in [0, 0.1) is 0 Å². The number of anilines is 2. The SMILES string of the molecule is CNc1cc(NC(C)C(=O)OC)nc(C(F)(F)F)n1. The van der Waals surface area contributed by atoms with Gasteiger partial charge in [-0.05, 0) is 6.92 Å². The highest BCUT2D eigenvalue weighted by Crippen LogP contribution is 2.28. The molecule has 0 aliphatic heterocycles. The molecule has 0 aliphatic carbocycles. The summed E-state index contributed by atoms with van der Waals surface area (Å²) in [5.74, 6) is -2.04. The second kappa shape index (κ2) is 5.72. The van der Waals surface area contributed by atoms with Gasteiger partial charge in [0.1, 0.15) is 17.7 Å². The fourth-order valence-electron chi connectivity index (χ4n) is 1.23. The van der Waals surface area contributed by atoms with Crippen LogP contribution in [0.2, 0.25) is 0 Å². The highest BCUT2D eigenvalue weighted by atomic mass is 19.4. The van der Waals surface area contributed by atoms with E-state index in [1.165, 1.54) is 27.1 Å². The lowest BCUT2D eigenvalue weighted by atomic mass is 10.3. The molecule has 0 fully saturated rings. The third kappa shape index (κ3) is 3.97. The molecule has 0 amide bonds. The van der Waals surface area contributed by atoms with Gasteiger partial charge in [0, 0.05) is 13.1 Å². The molecule has 1 heterocycles. The van der Waals surface area contributed by atoms with Crippen molar-refractivity contribution in [1.82, 2.24) is 9.97 Å². The number of nitrogens with one attached hydrogen (secondary N) is 2. The average Bonchev–Trinajstić information content (AvgIpc) is 2.36. The molecule has 0 saturated heterocycles. The van der Waals surface area contributed by atoms with Gasteiger partial charge in [0.25, 0.3) is 0 Å². The van der Waals surface area contributed by atoms with Crippen molar-refractivity contribution in [1.29, 1.82) is 0 Å². The van der Waals surface area contributed by atoms with Crippen LogP contribution in [-0.4, -0.2) is 36.1 Å². The van der Waals surface area contributed by atoms with Gasteiger partial charge in [-0.25, -0.2) is 14.8 Å². The summed E-state index contributed by atoms with van der Waals surface area (Å²) in [6.07, 6.45) is -4.67. The molecule has 0 radical (unpaired) electrons. The summed E-state index contributed by atoms with van der Waals surface area (Å²) in [6, 6.07) is 0.431. The molecule has 1 aromatic rings. The van der Waals surface area contributed by atoms with Gasteiger partial charge < -0.3 is 15.4 Å². The Labute approximate surface area is 107 Å². The first-order valence-corrected chi connectivity index (χ1v) is 5.26. The lowest BCUT2D eigenvalue weighted by molar-refractivity contribution is -0.144. The number of carbonyl (C=O) groups excluding carboxylic acids is 1. The van der Waals surface area contributed by atoms with Gasteiger partial charge in [0.2, 0.25) is 5.82 Å². The molecule has 0 bridgehead atoms. The van der Waals surface area contributed by atoms with Crippen LogP contribution >= 0.6 is 0 Å². The number of hydrogen-bond donors (Lipinski definition) is 2. The molecule has 1 atom stereocenters. The van der Waals surface area contributed by atoms with Crippen molar-refractivity contribution in [3.8, 4) is 0 Å². The number of aromatic nitrogens is 2. The Morgan fingerprint density at radius 3 is 2.42 bits per heavy atom. The van der Waals surface area contributed by atoms with Crippen molar-refractivity contribution >= 4 is 17.6 Å². The number of ether oxygens (including phenoxy) is 1. The lowest BCUT2D eigenvalue weighted by Crippen LogP contribution is -2.28. The van der Waals surface area contributed by atoms with Crippen molar-refractivity contribution in [3.05, 3.63) is 11.9 Å². The summed E-state index contributed by atoms with van der Waals surface area (Å²) >= 11 is 0. The van der Waals surface area contributed by atoms with E-state index in [9.17, 15) is 18.0 Å². The van der Waals surface area contributed by atoms with Crippen molar-refractivity contribution in [2.24, 2.45) is 0 Å². The Balaban J connectivity index is 3.04. The van der Waals surface area contributed by atoms with E-state index in [2.05, 4.69) is 25.3 Å². The van der Waals surface area contributed by atoms with E-state index >= 15 is 0 Å². The fourth-order valence-corrected chi connectivity index (χ4v) is 1.23. The van der Waals surface area contributed by atoms with E-state index in [1.54, 1.807) is 0 Å². The highest BCUT2D eigenvalue weighted by Gasteiger charge is 2.35. The maximum Gasteiger partial charge on any atom is 0.451 e. The molecule has 1 rings (SSSR count). The number of halogens is 3. The summed E-state index contributed by atoms with van der Waals surface area (Å²) < 4.78 is 42.2. The molecule has 1 aromatic heterocycles. The first-order chi connectivity index (χ1) is 8.77. The fraction of sp³-hybridized carbons (Fsp3) is 0.500. The van der Waals surface area contributed by atoms with Crippen molar-refractivity contribution in [3.63, 3.8) is 0 Å². The van der Waals surface area contributed by atoms with Gasteiger partial charge in [0.15, 0.2) is 0 Å². The minimum Gasteiger partial charge on any atom is -0.467 e. The first kappa shape index (κ1) is 15.0. The molecule has 2 N–H and O–H groups in total. The van der Waals surface area contributed by atoms with Crippen LogP contribution in [0.5, 0.6) is 0 Å². The van der Waals surface area contributed by atoms with Gasteiger partial charge in [-0.3, -0.25) is 0 Å². The van der Waals surface area contributed by atoms with E-state index in [1.807, 2.05) is 0 Å². The maximum absolute atomic E-state index is 12.6. The molecule has 9 heteroatoms. The van der Waals surface area contributed by atoms with Crippen LogP contribution < -0.4 is 10.6 Å². The van der Waals surface area contributed by atoms with Crippen LogP contribution in [0.15, 0.2) is 6.07 Å². The lowest BCUT2D eigenvalue weighted by Gasteiger charge is -2.14. The third-order valence-electron chi connectivity index (χ3n) is 2.15. The molecule has 106 valence electrons. The Kier molecular flexibility index (Phi) is 4.52. The number of carbonyl (C=O) groups is 1. The summed E-state index contributed by atoms with van der Waals surface area (Å²) in [7, 11) is 2.61. The molecule has 0 saturated carbocycles. The number of alkyl halides is 3. The Morgan fingerprint density at radius 1 is 1.37 bits per heavy atom. The van der Waals surface area contributed by atoms with Gasteiger partial charge in [-0.2, -0.15) is 13.2 Å². The zero-order valence-corrected chi connectivity index (χ0v) is 10.5. The van der Waals surface area contributed by atoms with Gasteiger partial charge in [0.05, 0.1) is 7.11 Å². The van der Waals surface area contributed by atoms with E-state index in [-0.39, 0.29) is 11.6 Å². The van der Waals surface area contributed by atoms with Crippen LogP contribution in [0.4, 0.5) is 24.8 Å². The summed E-state index contributed by atoms with van der Waals surface area (Å²) in [5, 5.41) is 5.00. The number of hydrogen-bond acceptors (Lipinski definition) is 6. The largest absolute Gasteiger partial charge is 0.467 e. The van der Waals surface area contributed by atoms with Crippen LogP contribution in [0.25, 0.3) is 0 Å². The van der Waals surface area contributed by atoms with Gasteiger partial charge >= 0.3 is 12.1 Å². The van der Waals surface area contributed by atoms with Crippen LogP contribution in [-0.2, 0) is 15.7 Å². The zero-order valence-electron chi connectivity index (χ0n) is 10.5. The molecule has 0 spiro atoms. The number of rotatable bonds is 4. The Morgan fingerprint density at radius 2 is 1.95 bits per heavy atom. The van der Waals surface area contributed by atoms with Crippen LogP contribution in [0.1, 0.15) is 12.7 Å². The minimum atomic E-state index is -4.67. The molecular formula is C10H13F3N4O2. The summed E-state index contributed by atoms with van der Waals surface area (Å²) in [5.41, 5.74) is 0. The molecule has 6 nitrogen and oxygen atoms in total. The number of methoxy groups -OCH3 is 1. The number of nitrogens with zero attached hydrogens (tertiary/aromatic N) is 2. The Hall–Kier alpha value is -2.06. The third-order valence-corrected chi connectivity index (χ3v) is 2.15. The summed E-state index contributed by atoms with van der Waals surface area (Å²) in [6.45, 7) is 1.44. The molecule has 0 aliphatic rings. The Bertz CT molecular complexity index is 465. The standard InChI is InChI=1S/C10H13F3N4O2/c1-5(8(18)19-3)15-7-4-6(14-2)16-9(17-7)10(11,12)13/h4-5H,1-3H3,(H2,14,15,16,17). The second-order valence-corrected chi connectivity index (χ2v) is 3.60. The molecule has 19 heavy (non-hydrogen) atoms. The highest BCUT2D eigenvalue weighted by molar-refractivity contribution is 5.78. The summed E-state index contributed by atoms with van der Waals surface area (Å²) in [4.78, 5) is 17.8. The second-order valence-electron chi connectivity index (χ2n) is 3.60. The monoisotopic (exact) mass is 278 g/mol. The van der Waals surface area contributed by atoms with E-state index < -0.39 is 24.0 Å². The van der Waals surface area contributed by atoms with Gasteiger partial charge in [-0.15, -0.1) is 0 Å². The van der Waals surface area contributed by atoms with Crippen molar-refractivity contribution < 1.29 is 22.7 Å². The normalized spacial score (nSPS) is 12.7. The van der Waals surface area contributed by atoms with Gasteiger partial charge in [-0.1, -0.05) is 0 Å². The first-order valence-electron chi connectivity index (χ1n) is 5.26. The smallest absolute Gasteiger partial charge is 0.451 e. The van der Waals surface area contributed by atoms with E-state index in [0.717, 1.165) is 0 Å². The molecular weight excluding hydrogens is 265 g/mol. The predicted molar refractivity (Wildman–Crippen MR) is 61.7 cm³/mol. The van der Waals surface area contributed by atoms with Crippen molar-refractivity contribution in [2.75, 3.05) is 24.8 Å². The predicted octanol–water partition coefficient (Wildman–Crippen LogP) is 1.51. The quantitative estimate of drug-likeness (QED) is 0.813. The molecule has 0 aromatic carbocycles. The topological polar surface area (TPSA) is 76.1 Å². The zero-order chi connectivity index (χ0) is 14.6. The minimum absolute atomic E-state index is 0.0121. The van der Waals surface area contributed by atoms with E-state index in [0.29, 0.717) is 0 Å². The van der Waals surface area contributed by atoms with Crippen molar-refractivity contribution in [2.45, 2.75) is 19.1 Å². The molecule has 1 unspecified atom stereocenters. The maximum atomic E-state index is 12.6. The van der Waals surface area contributed by atoms with E-state index in [4.69, 9.17) is 0 Å². The van der Waals surface area contributed by atoms with Crippen LogP contribution in [0.3, 0.4) is 0 Å².